The maximum atomic E-state index is 5.59. The van der Waals surface area contributed by atoms with Crippen molar-refractivity contribution in [3.63, 3.8) is 0 Å². The number of rotatable bonds is 6. The average molecular weight is 294 g/mol. The highest BCUT2D eigenvalue weighted by atomic mass is 16.5. The molecule has 0 aromatic carbocycles. The van der Waals surface area contributed by atoms with Gasteiger partial charge in [-0.3, -0.25) is 4.90 Å². The fourth-order valence-electron chi connectivity index (χ4n) is 3.21. The summed E-state index contributed by atoms with van der Waals surface area (Å²) in [7, 11) is 0. The van der Waals surface area contributed by atoms with E-state index < -0.39 is 0 Å². The monoisotopic (exact) mass is 294 g/mol. The Balaban J connectivity index is 1.49. The standard InChI is InChI=1S/C15H26N4O2/c1-3-20-13-8-12(9-13)10-14-17-15(18-21-14)11(2)19-6-4-16-5-7-19/h11-13,16H,3-10H2,1-2H3. The first-order chi connectivity index (χ1) is 10.3. The number of nitrogens with zero attached hydrogens (tertiary/aromatic N) is 3. The van der Waals surface area contributed by atoms with Crippen LogP contribution >= 0.6 is 0 Å². The lowest BCUT2D eigenvalue weighted by atomic mass is 9.80. The summed E-state index contributed by atoms with van der Waals surface area (Å²) in [6, 6.07) is 0.238. The molecule has 1 aromatic heterocycles. The molecule has 1 atom stereocenters. The van der Waals surface area contributed by atoms with E-state index in [1.807, 2.05) is 0 Å². The molecule has 2 heterocycles. The zero-order valence-corrected chi connectivity index (χ0v) is 13.0. The fourth-order valence-corrected chi connectivity index (χ4v) is 3.21. The Bertz CT molecular complexity index is 439. The van der Waals surface area contributed by atoms with Gasteiger partial charge in [-0.2, -0.15) is 4.98 Å². The Labute approximate surface area is 126 Å². The highest BCUT2D eigenvalue weighted by Crippen LogP contribution is 2.32. The summed E-state index contributed by atoms with van der Waals surface area (Å²) < 4.78 is 11.0. The zero-order chi connectivity index (χ0) is 14.7. The van der Waals surface area contributed by atoms with Gasteiger partial charge in [0.2, 0.25) is 5.89 Å². The van der Waals surface area contributed by atoms with Gasteiger partial charge in [0.15, 0.2) is 5.82 Å². The van der Waals surface area contributed by atoms with Crippen molar-refractivity contribution in [2.75, 3.05) is 32.8 Å². The van der Waals surface area contributed by atoms with E-state index in [0.29, 0.717) is 12.0 Å². The van der Waals surface area contributed by atoms with Gasteiger partial charge in [0, 0.05) is 39.2 Å². The fraction of sp³-hybridized carbons (Fsp3) is 0.867. The highest BCUT2D eigenvalue weighted by Gasteiger charge is 2.31. The Morgan fingerprint density at radius 3 is 2.86 bits per heavy atom. The first-order valence-corrected chi connectivity index (χ1v) is 8.15. The molecule has 0 bridgehead atoms. The minimum absolute atomic E-state index is 0.238. The van der Waals surface area contributed by atoms with Crippen LogP contribution in [0, 0.1) is 5.92 Å². The third-order valence-electron chi connectivity index (χ3n) is 4.61. The Hall–Kier alpha value is -0.980. The summed E-state index contributed by atoms with van der Waals surface area (Å²) in [5, 5.41) is 7.54. The number of nitrogens with one attached hydrogen (secondary N) is 1. The molecule has 1 saturated heterocycles. The summed E-state index contributed by atoms with van der Waals surface area (Å²) in [5.74, 6) is 2.25. The van der Waals surface area contributed by atoms with Gasteiger partial charge >= 0.3 is 0 Å². The van der Waals surface area contributed by atoms with E-state index in [0.717, 1.165) is 63.8 Å². The van der Waals surface area contributed by atoms with Crippen LogP contribution in [-0.2, 0) is 11.2 Å². The Morgan fingerprint density at radius 1 is 1.38 bits per heavy atom. The molecule has 2 aliphatic rings. The van der Waals surface area contributed by atoms with Crippen LogP contribution in [0.2, 0.25) is 0 Å². The van der Waals surface area contributed by atoms with Gasteiger partial charge in [-0.1, -0.05) is 5.16 Å². The van der Waals surface area contributed by atoms with Crippen molar-refractivity contribution in [1.29, 1.82) is 0 Å². The third-order valence-corrected chi connectivity index (χ3v) is 4.61. The smallest absolute Gasteiger partial charge is 0.226 e. The van der Waals surface area contributed by atoms with Gasteiger partial charge in [0.05, 0.1) is 12.1 Å². The van der Waals surface area contributed by atoms with E-state index in [1.165, 1.54) is 0 Å². The van der Waals surface area contributed by atoms with Crippen molar-refractivity contribution in [3.05, 3.63) is 11.7 Å². The van der Waals surface area contributed by atoms with Crippen molar-refractivity contribution < 1.29 is 9.26 Å². The summed E-state index contributed by atoms with van der Waals surface area (Å²) in [4.78, 5) is 7.00. The van der Waals surface area contributed by atoms with Crippen LogP contribution in [0.3, 0.4) is 0 Å². The Morgan fingerprint density at radius 2 is 2.14 bits per heavy atom. The number of hydrogen-bond donors (Lipinski definition) is 1. The lowest BCUT2D eigenvalue weighted by molar-refractivity contribution is -0.0258. The minimum atomic E-state index is 0.238. The lowest BCUT2D eigenvalue weighted by Gasteiger charge is -2.34. The van der Waals surface area contributed by atoms with Crippen LogP contribution in [0.1, 0.15) is 44.4 Å². The molecule has 21 heavy (non-hydrogen) atoms. The molecular formula is C15H26N4O2. The lowest BCUT2D eigenvalue weighted by Crippen LogP contribution is -2.44. The van der Waals surface area contributed by atoms with Crippen LogP contribution < -0.4 is 5.32 Å². The molecule has 1 N–H and O–H groups in total. The van der Waals surface area contributed by atoms with E-state index in [1.54, 1.807) is 0 Å². The van der Waals surface area contributed by atoms with Crippen molar-refractivity contribution in [2.24, 2.45) is 5.92 Å². The van der Waals surface area contributed by atoms with E-state index in [2.05, 4.69) is 34.2 Å². The maximum absolute atomic E-state index is 5.59. The van der Waals surface area contributed by atoms with Gasteiger partial charge in [-0.15, -0.1) is 0 Å². The van der Waals surface area contributed by atoms with Crippen LogP contribution in [0.25, 0.3) is 0 Å². The van der Waals surface area contributed by atoms with Crippen molar-refractivity contribution in [1.82, 2.24) is 20.4 Å². The quantitative estimate of drug-likeness (QED) is 0.855. The van der Waals surface area contributed by atoms with Gasteiger partial charge in [-0.05, 0) is 32.6 Å². The molecule has 1 aliphatic carbocycles. The molecular weight excluding hydrogens is 268 g/mol. The highest BCUT2D eigenvalue weighted by molar-refractivity contribution is 4.96. The van der Waals surface area contributed by atoms with Crippen LogP contribution in [-0.4, -0.2) is 53.9 Å². The Kier molecular flexibility index (Phi) is 4.87. The summed E-state index contributed by atoms with van der Waals surface area (Å²) >= 11 is 0. The van der Waals surface area contributed by atoms with Gasteiger partial charge in [0.1, 0.15) is 0 Å². The third kappa shape index (κ3) is 3.62. The average Bonchev–Trinajstić information content (AvgIpc) is 2.94. The van der Waals surface area contributed by atoms with E-state index in [9.17, 15) is 0 Å². The molecule has 118 valence electrons. The number of aromatic nitrogens is 2. The molecule has 1 saturated carbocycles. The van der Waals surface area contributed by atoms with Crippen molar-refractivity contribution in [2.45, 2.75) is 45.3 Å². The molecule has 0 spiro atoms. The first kappa shape index (κ1) is 14.9. The van der Waals surface area contributed by atoms with Gasteiger partial charge in [-0.25, -0.2) is 0 Å². The molecule has 1 unspecified atom stereocenters. The molecule has 1 aromatic rings. The summed E-state index contributed by atoms with van der Waals surface area (Å²) in [6.07, 6.45) is 3.59. The molecule has 2 fully saturated rings. The molecule has 1 aliphatic heterocycles. The normalized spacial score (nSPS) is 28.3. The molecule has 0 amide bonds. The van der Waals surface area contributed by atoms with Crippen LogP contribution in [0.4, 0.5) is 0 Å². The number of hydrogen-bond acceptors (Lipinski definition) is 6. The predicted molar refractivity (Wildman–Crippen MR) is 79.0 cm³/mol. The predicted octanol–water partition coefficient (Wildman–Crippen LogP) is 1.39. The number of ether oxygens (including phenoxy) is 1. The molecule has 3 rings (SSSR count). The summed E-state index contributed by atoms with van der Waals surface area (Å²) in [5.41, 5.74) is 0. The van der Waals surface area contributed by atoms with Crippen molar-refractivity contribution >= 4 is 0 Å². The second-order valence-electron chi connectivity index (χ2n) is 6.13. The van der Waals surface area contributed by atoms with E-state index in [4.69, 9.17) is 9.26 Å². The number of piperazine rings is 1. The van der Waals surface area contributed by atoms with E-state index in [-0.39, 0.29) is 6.04 Å². The minimum Gasteiger partial charge on any atom is -0.378 e. The molecule has 0 radical (unpaired) electrons. The molecule has 6 nitrogen and oxygen atoms in total. The molecule has 6 heteroatoms. The van der Waals surface area contributed by atoms with Gasteiger partial charge < -0.3 is 14.6 Å². The SMILES string of the molecule is CCOC1CC(Cc2nc(C(C)N3CCNCC3)no2)C1. The maximum Gasteiger partial charge on any atom is 0.226 e. The zero-order valence-electron chi connectivity index (χ0n) is 13.0. The second-order valence-corrected chi connectivity index (χ2v) is 6.13. The van der Waals surface area contributed by atoms with Crippen LogP contribution in [0.15, 0.2) is 4.52 Å². The van der Waals surface area contributed by atoms with Gasteiger partial charge in [0.25, 0.3) is 0 Å². The van der Waals surface area contributed by atoms with Crippen LogP contribution in [0.5, 0.6) is 0 Å². The first-order valence-electron chi connectivity index (χ1n) is 8.15. The topological polar surface area (TPSA) is 63.4 Å². The second kappa shape index (κ2) is 6.85. The van der Waals surface area contributed by atoms with Crippen molar-refractivity contribution in [3.8, 4) is 0 Å². The largest absolute Gasteiger partial charge is 0.378 e. The van der Waals surface area contributed by atoms with E-state index >= 15 is 0 Å². The summed E-state index contributed by atoms with van der Waals surface area (Å²) in [6.45, 7) is 9.19.